The molecule has 0 radical (unpaired) electrons. The summed E-state index contributed by atoms with van der Waals surface area (Å²) in [5, 5.41) is 0. The minimum Gasteiger partial charge on any atom is -0.351 e. The molecule has 0 aliphatic carbocycles. The van der Waals surface area contributed by atoms with Gasteiger partial charge in [0.05, 0.1) is 0 Å². The van der Waals surface area contributed by atoms with Crippen molar-refractivity contribution in [2.45, 2.75) is 13.0 Å². The summed E-state index contributed by atoms with van der Waals surface area (Å²) in [4.78, 5) is 11.8. The Morgan fingerprint density at radius 1 is 1.89 bits per heavy atom. The number of urea groups is 1. The van der Waals surface area contributed by atoms with Crippen LogP contribution in [0.25, 0.3) is 0 Å². The number of carbonyl (C=O) groups is 1. The van der Waals surface area contributed by atoms with Crippen molar-refractivity contribution >= 4 is 6.03 Å². The van der Waals surface area contributed by atoms with Crippen LogP contribution in [-0.4, -0.2) is 24.0 Å². The van der Waals surface area contributed by atoms with Gasteiger partial charge in [-0.3, -0.25) is 0 Å². The molecule has 2 N–H and O–H groups in total. The number of likely N-dealkylation sites (N-methyl/N-ethyl adjacent to an activating group) is 1. The number of rotatable bonds is 2. The highest BCUT2D eigenvalue weighted by Gasteiger charge is 2.06. The largest absolute Gasteiger partial charge is 0.351 e. The van der Waals surface area contributed by atoms with Crippen molar-refractivity contribution in [2.24, 2.45) is 5.73 Å². The molecule has 2 amide bonds. The summed E-state index contributed by atoms with van der Waals surface area (Å²) in [6.45, 7) is 5.36. The fourth-order valence-electron chi connectivity index (χ4n) is 0.359. The van der Waals surface area contributed by atoms with Crippen molar-refractivity contribution in [1.82, 2.24) is 4.90 Å². The molecule has 3 nitrogen and oxygen atoms in total. The molecule has 0 aliphatic rings. The van der Waals surface area contributed by atoms with E-state index in [1.807, 2.05) is 6.92 Å². The SMILES string of the molecule is C=CC(C)N(C)C(N)=O. The lowest BCUT2D eigenvalue weighted by Gasteiger charge is -2.18. The van der Waals surface area contributed by atoms with Crippen molar-refractivity contribution in [3.05, 3.63) is 12.7 Å². The molecule has 3 heteroatoms. The van der Waals surface area contributed by atoms with Crippen molar-refractivity contribution in [3.8, 4) is 0 Å². The van der Waals surface area contributed by atoms with Gasteiger partial charge in [-0.15, -0.1) is 6.58 Å². The van der Waals surface area contributed by atoms with Gasteiger partial charge in [0.15, 0.2) is 0 Å². The first-order chi connectivity index (χ1) is 4.09. The highest BCUT2D eigenvalue weighted by atomic mass is 16.2. The lowest BCUT2D eigenvalue weighted by atomic mass is 10.3. The summed E-state index contributed by atoms with van der Waals surface area (Å²) in [5.74, 6) is 0. The van der Waals surface area contributed by atoms with Crippen LogP contribution in [0.4, 0.5) is 4.79 Å². The molecule has 9 heavy (non-hydrogen) atoms. The van der Waals surface area contributed by atoms with Gasteiger partial charge in [0.25, 0.3) is 0 Å². The van der Waals surface area contributed by atoms with E-state index in [9.17, 15) is 4.79 Å². The van der Waals surface area contributed by atoms with Crippen LogP contribution in [0.1, 0.15) is 6.92 Å². The third-order valence-corrected chi connectivity index (χ3v) is 1.30. The Morgan fingerprint density at radius 2 is 2.33 bits per heavy atom. The van der Waals surface area contributed by atoms with Crippen molar-refractivity contribution in [3.63, 3.8) is 0 Å². The minimum atomic E-state index is -0.428. The summed E-state index contributed by atoms with van der Waals surface area (Å²) in [6, 6.07) is -0.412. The first-order valence-electron chi connectivity index (χ1n) is 2.74. The van der Waals surface area contributed by atoms with Crippen molar-refractivity contribution in [1.29, 1.82) is 0 Å². The van der Waals surface area contributed by atoms with E-state index in [1.54, 1.807) is 13.1 Å². The molecule has 0 aliphatic heterocycles. The maximum atomic E-state index is 10.4. The van der Waals surface area contributed by atoms with E-state index in [2.05, 4.69) is 6.58 Å². The van der Waals surface area contributed by atoms with E-state index < -0.39 is 6.03 Å². The first-order valence-corrected chi connectivity index (χ1v) is 2.74. The molecule has 0 aromatic rings. The van der Waals surface area contributed by atoms with Crippen LogP contribution in [0.15, 0.2) is 12.7 Å². The highest BCUT2D eigenvalue weighted by Crippen LogP contribution is 1.93. The topological polar surface area (TPSA) is 46.3 Å². The van der Waals surface area contributed by atoms with Crippen LogP contribution in [0.5, 0.6) is 0 Å². The fraction of sp³-hybridized carbons (Fsp3) is 0.500. The molecule has 0 fully saturated rings. The summed E-state index contributed by atoms with van der Waals surface area (Å²) in [6.07, 6.45) is 1.66. The average Bonchev–Trinajstić information content (AvgIpc) is 1.84. The molecule has 52 valence electrons. The molecule has 0 rings (SSSR count). The lowest BCUT2D eigenvalue weighted by molar-refractivity contribution is 0.212. The molecule has 0 aromatic carbocycles. The highest BCUT2D eigenvalue weighted by molar-refractivity contribution is 5.72. The van der Waals surface area contributed by atoms with Gasteiger partial charge in [-0.2, -0.15) is 0 Å². The van der Waals surface area contributed by atoms with Crippen LogP contribution in [0.2, 0.25) is 0 Å². The molecule has 0 bridgehead atoms. The van der Waals surface area contributed by atoms with E-state index >= 15 is 0 Å². The molecule has 0 saturated carbocycles. The standard InChI is InChI=1S/C6H12N2O/c1-4-5(2)8(3)6(7)9/h4-5H,1H2,2-3H3,(H2,7,9). The Kier molecular flexibility index (Phi) is 2.78. The third-order valence-electron chi connectivity index (χ3n) is 1.30. The molecule has 1 atom stereocenters. The predicted molar refractivity (Wildman–Crippen MR) is 37.0 cm³/mol. The van der Waals surface area contributed by atoms with Crippen LogP contribution >= 0.6 is 0 Å². The Labute approximate surface area is 55.1 Å². The van der Waals surface area contributed by atoms with Crippen LogP contribution < -0.4 is 5.73 Å². The molecule has 0 aromatic heterocycles. The van der Waals surface area contributed by atoms with Crippen LogP contribution in [-0.2, 0) is 0 Å². The maximum Gasteiger partial charge on any atom is 0.315 e. The Balaban J connectivity index is 3.86. The summed E-state index contributed by atoms with van der Waals surface area (Å²) in [7, 11) is 1.63. The quantitative estimate of drug-likeness (QED) is 0.543. The zero-order valence-electron chi connectivity index (χ0n) is 5.79. The fourth-order valence-corrected chi connectivity index (χ4v) is 0.359. The van der Waals surface area contributed by atoms with E-state index in [0.717, 1.165) is 0 Å². The number of nitrogens with zero attached hydrogens (tertiary/aromatic N) is 1. The molecule has 1 unspecified atom stereocenters. The summed E-state index contributed by atoms with van der Waals surface area (Å²) in [5.41, 5.74) is 4.95. The van der Waals surface area contributed by atoms with Gasteiger partial charge in [0.2, 0.25) is 0 Å². The third kappa shape index (κ3) is 2.17. The second-order valence-corrected chi connectivity index (χ2v) is 1.93. The Morgan fingerprint density at radius 3 is 2.44 bits per heavy atom. The Hall–Kier alpha value is -0.990. The predicted octanol–water partition coefficient (Wildman–Crippen LogP) is 0.571. The minimum absolute atomic E-state index is 0.0162. The normalized spacial score (nSPS) is 12.2. The molecule has 0 heterocycles. The second kappa shape index (κ2) is 3.12. The lowest BCUT2D eigenvalue weighted by Crippen LogP contribution is -2.37. The van der Waals surface area contributed by atoms with Gasteiger partial charge >= 0.3 is 6.03 Å². The average molecular weight is 128 g/mol. The number of carbonyl (C=O) groups excluding carboxylic acids is 1. The smallest absolute Gasteiger partial charge is 0.315 e. The van der Waals surface area contributed by atoms with Gasteiger partial charge < -0.3 is 10.6 Å². The summed E-state index contributed by atoms with van der Waals surface area (Å²) >= 11 is 0. The number of nitrogens with two attached hydrogens (primary N) is 1. The van der Waals surface area contributed by atoms with Gasteiger partial charge in [0.1, 0.15) is 0 Å². The van der Waals surface area contributed by atoms with Gasteiger partial charge in [0, 0.05) is 13.1 Å². The first kappa shape index (κ1) is 8.01. The zero-order chi connectivity index (χ0) is 7.44. The van der Waals surface area contributed by atoms with E-state index in [-0.39, 0.29) is 6.04 Å². The molecular formula is C6H12N2O. The van der Waals surface area contributed by atoms with Gasteiger partial charge in [-0.25, -0.2) is 4.79 Å². The monoisotopic (exact) mass is 128 g/mol. The number of amides is 2. The van der Waals surface area contributed by atoms with Gasteiger partial charge in [-0.05, 0) is 6.92 Å². The molecular weight excluding hydrogens is 116 g/mol. The van der Waals surface area contributed by atoms with Crippen LogP contribution in [0, 0.1) is 0 Å². The number of hydrogen-bond acceptors (Lipinski definition) is 1. The van der Waals surface area contributed by atoms with Crippen molar-refractivity contribution in [2.75, 3.05) is 7.05 Å². The number of primary amides is 1. The molecule has 0 saturated heterocycles. The zero-order valence-corrected chi connectivity index (χ0v) is 5.79. The van der Waals surface area contributed by atoms with E-state index in [0.29, 0.717) is 0 Å². The second-order valence-electron chi connectivity index (χ2n) is 1.93. The van der Waals surface area contributed by atoms with Crippen molar-refractivity contribution < 1.29 is 4.79 Å². The van der Waals surface area contributed by atoms with E-state index in [4.69, 9.17) is 5.73 Å². The summed E-state index contributed by atoms with van der Waals surface area (Å²) < 4.78 is 0. The molecule has 0 spiro atoms. The van der Waals surface area contributed by atoms with Crippen LogP contribution in [0.3, 0.4) is 0 Å². The maximum absolute atomic E-state index is 10.4. The Bertz CT molecular complexity index is 122. The number of hydrogen-bond donors (Lipinski definition) is 1. The van der Waals surface area contributed by atoms with Gasteiger partial charge in [-0.1, -0.05) is 6.08 Å². The van der Waals surface area contributed by atoms with E-state index in [1.165, 1.54) is 4.90 Å².